The summed E-state index contributed by atoms with van der Waals surface area (Å²) < 4.78 is 10.4. The summed E-state index contributed by atoms with van der Waals surface area (Å²) >= 11 is 0. The first-order valence-electron chi connectivity index (χ1n) is 11.1. The van der Waals surface area contributed by atoms with Gasteiger partial charge in [-0.05, 0) is 30.7 Å². The van der Waals surface area contributed by atoms with E-state index in [0.29, 0.717) is 26.3 Å². The molecule has 8 nitrogen and oxygen atoms in total. The number of morpholine rings is 1. The molecule has 0 N–H and O–H groups in total. The summed E-state index contributed by atoms with van der Waals surface area (Å²) in [6.07, 6.45) is 1.93. The number of carbonyl (C=O) groups is 1. The number of amides is 1. The third-order valence-electron chi connectivity index (χ3n) is 6.30. The monoisotopic (exact) mass is 445 g/mol. The molecule has 33 heavy (non-hydrogen) atoms. The van der Waals surface area contributed by atoms with Crippen LogP contribution in [0.4, 0.5) is 0 Å². The number of fused-ring (bicyclic) bond motifs is 1. The van der Waals surface area contributed by atoms with E-state index in [1.54, 1.807) is 27.9 Å². The largest absolute Gasteiger partial charge is 0.378 e. The van der Waals surface area contributed by atoms with Crippen LogP contribution < -0.4 is 5.69 Å². The Balaban J connectivity index is 1.59. The van der Waals surface area contributed by atoms with E-state index < -0.39 is 0 Å². The number of imidazole rings is 1. The topological polar surface area (TPSA) is 74.3 Å². The van der Waals surface area contributed by atoms with E-state index in [2.05, 4.69) is 6.07 Å². The van der Waals surface area contributed by atoms with Gasteiger partial charge in [0.25, 0.3) is 0 Å². The molecular formula is C25H27N5O3. The average molecular weight is 446 g/mol. The van der Waals surface area contributed by atoms with Crippen molar-refractivity contribution in [2.75, 3.05) is 26.3 Å². The predicted molar refractivity (Wildman–Crippen MR) is 127 cm³/mol. The number of carbonyl (C=O) groups excluding carboxylic acids is 1. The molecule has 2 aromatic carbocycles. The number of benzene rings is 2. The van der Waals surface area contributed by atoms with E-state index in [9.17, 15) is 9.59 Å². The molecule has 0 spiro atoms. The third-order valence-corrected chi connectivity index (χ3v) is 6.30. The molecule has 8 heteroatoms. The predicted octanol–water partition coefficient (Wildman–Crippen LogP) is 2.57. The highest BCUT2D eigenvalue weighted by Crippen LogP contribution is 2.33. The van der Waals surface area contributed by atoms with Crippen molar-refractivity contribution in [2.45, 2.75) is 13.5 Å². The normalized spacial score (nSPS) is 14.2. The summed E-state index contributed by atoms with van der Waals surface area (Å²) in [7, 11) is 3.55. The zero-order chi connectivity index (χ0) is 23.1. The number of ether oxygens (including phenoxy) is 1. The fourth-order valence-corrected chi connectivity index (χ4v) is 4.44. The Morgan fingerprint density at radius 2 is 1.76 bits per heavy atom. The summed E-state index contributed by atoms with van der Waals surface area (Å²) in [5, 5.41) is 4.82. The zero-order valence-electron chi connectivity index (χ0n) is 19.1. The molecule has 1 aliphatic heterocycles. The summed E-state index contributed by atoms with van der Waals surface area (Å²) in [6, 6.07) is 14.2. The van der Waals surface area contributed by atoms with E-state index in [0.717, 1.165) is 39.0 Å². The zero-order valence-corrected chi connectivity index (χ0v) is 19.1. The maximum absolute atomic E-state index is 12.8. The highest BCUT2D eigenvalue weighted by atomic mass is 16.5. The van der Waals surface area contributed by atoms with Crippen LogP contribution in [0.5, 0.6) is 0 Å². The molecule has 0 aliphatic carbocycles. The van der Waals surface area contributed by atoms with Gasteiger partial charge in [0, 0.05) is 44.5 Å². The van der Waals surface area contributed by atoms with Crippen molar-refractivity contribution >= 4 is 16.9 Å². The van der Waals surface area contributed by atoms with Crippen LogP contribution in [0.25, 0.3) is 33.4 Å². The molecule has 170 valence electrons. The Hall–Kier alpha value is -3.65. The van der Waals surface area contributed by atoms with Gasteiger partial charge in [-0.3, -0.25) is 18.6 Å². The highest BCUT2D eigenvalue weighted by Gasteiger charge is 2.20. The molecule has 2 aromatic heterocycles. The van der Waals surface area contributed by atoms with Gasteiger partial charge in [0.2, 0.25) is 5.91 Å². The maximum Gasteiger partial charge on any atom is 0.328 e. The fourth-order valence-electron chi connectivity index (χ4n) is 4.44. The number of nitrogens with zero attached hydrogens (tertiary/aromatic N) is 5. The van der Waals surface area contributed by atoms with Crippen LogP contribution >= 0.6 is 0 Å². The van der Waals surface area contributed by atoms with E-state index >= 15 is 0 Å². The van der Waals surface area contributed by atoms with Crippen LogP contribution in [0.15, 0.2) is 53.5 Å². The molecule has 0 saturated carbocycles. The van der Waals surface area contributed by atoms with Gasteiger partial charge in [-0.15, -0.1) is 0 Å². The molecule has 0 radical (unpaired) electrons. The minimum Gasteiger partial charge on any atom is -0.378 e. The molecular weight excluding hydrogens is 418 g/mol. The van der Waals surface area contributed by atoms with E-state index in [1.807, 2.05) is 54.4 Å². The summed E-state index contributed by atoms with van der Waals surface area (Å²) in [6.45, 7) is 4.58. The first kappa shape index (κ1) is 21.2. The van der Waals surface area contributed by atoms with Gasteiger partial charge in [-0.2, -0.15) is 5.10 Å². The minimum absolute atomic E-state index is 0.0315. The van der Waals surface area contributed by atoms with Gasteiger partial charge in [0.15, 0.2) is 0 Å². The molecule has 0 atom stereocenters. The Labute approximate surface area is 191 Å². The van der Waals surface area contributed by atoms with Crippen LogP contribution in [0.2, 0.25) is 0 Å². The molecule has 4 aromatic rings. The van der Waals surface area contributed by atoms with Gasteiger partial charge in [-0.25, -0.2) is 4.79 Å². The molecule has 5 rings (SSSR count). The minimum atomic E-state index is -0.0622. The molecule has 1 amide bonds. The van der Waals surface area contributed by atoms with Crippen molar-refractivity contribution in [2.24, 2.45) is 14.1 Å². The molecule has 1 fully saturated rings. The number of aryl methyl sites for hydroxylation is 3. The first-order chi connectivity index (χ1) is 15.9. The second-order valence-corrected chi connectivity index (χ2v) is 8.56. The lowest BCUT2D eigenvalue weighted by atomic mass is 10.0. The van der Waals surface area contributed by atoms with Gasteiger partial charge >= 0.3 is 5.69 Å². The Kier molecular flexibility index (Phi) is 5.38. The Morgan fingerprint density at radius 1 is 1.00 bits per heavy atom. The fraction of sp³-hybridized carbons (Fsp3) is 0.320. The number of rotatable bonds is 4. The second-order valence-electron chi connectivity index (χ2n) is 8.56. The number of aromatic nitrogens is 4. The van der Waals surface area contributed by atoms with Crippen molar-refractivity contribution in [3.63, 3.8) is 0 Å². The smallest absolute Gasteiger partial charge is 0.328 e. The lowest BCUT2D eigenvalue weighted by Gasteiger charge is -2.26. The quantitative estimate of drug-likeness (QED) is 0.484. The van der Waals surface area contributed by atoms with E-state index in [-0.39, 0.29) is 18.1 Å². The van der Waals surface area contributed by atoms with Gasteiger partial charge in [0.1, 0.15) is 12.2 Å². The summed E-state index contributed by atoms with van der Waals surface area (Å²) in [5.74, 6) is 0.0315. The molecule has 0 bridgehead atoms. The molecule has 1 saturated heterocycles. The van der Waals surface area contributed by atoms with Crippen LogP contribution in [0.3, 0.4) is 0 Å². The van der Waals surface area contributed by atoms with Crippen molar-refractivity contribution in [1.82, 2.24) is 23.8 Å². The second kappa shape index (κ2) is 8.37. The van der Waals surface area contributed by atoms with Crippen LogP contribution in [0.1, 0.15) is 5.56 Å². The van der Waals surface area contributed by atoms with E-state index in [1.165, 1.54) is 0 Å². The standard InChI is InChI=1S/C25H27N5O3/c1-17-5-4-6-19(13-17)24-20(15-30(26-24)16-23(31)29-9-11-33-12-10-29)18-7-8-21-22(14-18)28(3)25(32)27(21)2/h4-8,13-15H,9-12,16H2,1-3H3. The SMILES string of the molecule is Cc1cccc(-c2nn(CC(=O)N3CCOCC3)cc2-c2ccc3c(c2)n(C)c(=O)n3C)c1. The molecule has 1 aliphatic rings. The van der Waals surface area contributed by atoms with Crippen LogP contribution in [0, 0.1) is 6.92 Å². The number of hydrogen-bond acceptors (Lipinski definition) is 4. The van der Waals surface area contributed by atoms with Gasteiger partial charge in [0.05, 0.1) is 24.2 Å². The summed E-state index contributed by atoms with van der Waals surface area (Å²) in [5.41, 5.74) is 6.48. The lowest BCUT2D eigenvalue weighted by Crippen LogP contribution is -2.42. The Bertz CT molecular complexity index is 1410. The van der Waals surface area contributed by atoms with Crippen LogP contribution in [-0.4, -0.2) is 56.0 Å². The Morgan fingerprint density at radius 3 is 2.52 bits per heavy atom. The van der Waals surface area contributed by atoms with Gasteiger partial charge in [-0.1, -0.05) is 29.8 Å². The number of hydrogen-bond donors (Lipinski definition) is 0. The van der Waals surface area contributed by atoms with Crippen molar-refractivity contribution in [3.05, 3.63) is 64.7 Å². The van der Waals surface area contributed by atoms with E-state index in [4.69, 9.17) is 9.84 Å². The average Bonchev–Trinajstić information content (AvgIpc) is 3.34. The third kappa shape index (κ3) is 3.87. The van der Waals surface area contributed by atoms with Crippen molar-refractivity contribution < 1.29 is 9.53 Å². The first-order valence-corrected chi connectivity index (χ1v) is 11.1. The van der Waals surface area contributed by atoms with Crippen LogP contribution in [-0.2, 0) is 30.2 Å². The van der Waals surface area contributed by atoms with Crippen molar-refractivity contribution in [3.8, 4) is 22.4 Å². The highest BCUT2D eigenvalue weighted by molar-refractivity contribution is 5.87. The maximum atomic E-state index is 12.8. The van der Waals surface area contributed by atoms with Crippen molar-refractivity contribution in [1.29, 1.82) is 0 Å². The lowest BCUT2D eigenvalue weighted by molar-refractivity contribution is -0.136. The van der Waals surface area contributed by atoms with Gasteiger partial charge < -0.3 is 9.64 Å². The molecule has 0 unspecified atom stereocenters. The molecule has 3 heterocycles. The summed E-state index contributed by atoms with van der Waals surface area (Å²) in [4.78, 5) is 27.1.